The highest BCUT2D eigenvalue weighted by Gasteiger charge is 2.22. The van der Waals surface area contributed by atoms with Gasteiger partial charge < -0.3 is 21.0 Å². The number of nitrogens with one attached hydrogen (secondary N) is 1. The smallest absolute Gasteiger partial charge is 0.235 e. The van der Waals surface area contributed by atoms with Gasteiger partial charge in [-0.3, -0.25) is 4.79 Å². The molecular weight excluding hydrogens is 265 g/mol. The van der Waals surface area contributed by atoms with E-state index >= 15 is 0 Å². The van der Waals surface area contributed by atoms with Gasteiger partial charge in [-0.05, 0) is 18.6 Å². The Hall–Kier alpha value is -2.31. The van der Waals surface area contributed by atoms with Crippen molar-refractivity contribution in [1.29, 1.82) is 0 Å². The maximum atomic E-state index is 13.3. The number of hydrogen-bond acceptors (Lipinski definition) is 4. The summed E-state index contributed by atoms with van der Waals surface area (Å²) in [6, 6.07) is 3.96. The van der Waals surface area contributed by atoms with Crippen molar-refractivity contribution >= 4 is 17.4 Å². The molecule has 0 radical (unpaired) electrons. The van der Waals surface area contributed by atoms with Gasteiger partial charge in [0.15, 0.2) is 17.4 Å². The molecule has 0 aliphatic carbocycles. The van der Waals surface area contributed by atoms with Crippen LogP contribution in [0.1, 0.15) is 19.8 Å². The third-order valence-corrected chi connectivity index (χ3v) is 2.78. The second-order valence-electron chi connectivity index (χ2n) is 4.20. The number of carbonyl (C=O) groups is 1. The monoisotopic (exact) mass is 283 g/mol. The summed E-state index contributed by atoms with van der Waals surface area (Å²) >= 11 is 0. The number of nitrogens with zero attached hydrogens (tertiary/aromatic N) is 1. The fraction of sp³-hybridized carbons (Fsp3) is 0.385. The third kappa shape index (κ3) is 3.84. The van der Waals surface area contributed by atoms with Crippen LogP contribution in [0.2, 0.25) is 0 Å². The molecular formula is C13H18FN3O3. The zero-order valence-electron chi connectivity index (χ0n) is 11.4. The predicted molar refractivity (Wildman–Crippen MR) is 73.4 cm³/mol. The standard InChI is InChI=1S/C13H18FN3O3/c1-3-4-9(12(15)17-19)13(18)16-8-5-6-10(14)11(7-8)20-2/h5-7,9,19H,3-4H2,1-2H3,(H2,15,17)(H,16,18). The Morgan fingerprint density at radius 1 is 1.60 bits per heavy atom. The van der Waals surface area contributed by atoms with Crippen LogP contribution in [0.5, 0.6) is 5.75 Å². The summed E-state index contributed by atoms with van der Waals surface area (Å²) < 4.78 is 18.1. The molecule has 0 heterocycles. The minimum atomic E-state index is -0.735. The number of anilines is 1. The molecule has 110 valence electrons. The molecule has 1 aromatic rings. The molecule has 0 saturated carbocycles. The van der Waals surface area contributed by atoms with Crippen LogP contribution in [0.3, 0.4) is 0 Å². The molecule has 1 rings (SSSR count). The molecule has 1 aromatic carbocycles. The maximum Gasteiger partial charge on any atom is 0.235 e. The molecule has 0 spiro atoms. The van der Waals surface area contributed by atoms with E-state index in [1.165, 1.54) is 25.3 Å². The number of amides is 1. The van der Waals surface area contributed by atoms with Crippen molar-refractivity contribution in [3.8, 4) is 5.75 Å². The van der Waals surface area contributed by atoms with Crippen molar-refractivity contribution in [2.75, 3.05) is 12.4 Å². The van der Waals surface area contributed by atoms with E-state index in [9.17, 15) is 9.18 Å². The lowest BCUT2D eigenvalue weighted by Crippen LogP contribution is -2.34. The molecule has 0 aliphatic heterocycles. The first-order valence-electron chi connectivity index (χ1n) is 6.15. The average Bonchev–Trinajstić information content (AvgIpc) is 2.45. The van der Waals surface area contributed by atoms with Crippen molar-refractivity contribution in [3.05, 3.63) is 24.0 Å². The number of methoxy groups -OCH3 is 1. The highest BCUT2D eigenvalue weighted by Crippen LogP contribution is 2.22. The van der Waals surface area contributed by atoms with Gasteiger partial charge in [0.25, 0.3) is 0 Å². The van der Waals surface area contributed by atoms with Gasteiger partial charge >= 0.3 is 0 Å². The van der Waals surface area contributed by atoms with E-state index in [1.54, 1.807) is 0 Å². The predicted octanol–water partition coefficient (Wildman–Crippen LogP) is 1.94. The highest BCUT2D eigenvalue weighted by molar-refractivity contribution is 6.07. The SMILES string of the molecule is CCCC(C(=O)Nc1ccc(F)c(OC)c1)/C(N)=N/O. The second-order valence-corrected chi connectivity index (χ2v) is 4.20. The van der Waals surface area contributed by atoms with Gasteiger partial charge in [0.05, 0.1) is 13.0 Å². The van der Waals surface area contributed by atoms with Crippen LogP contribution < -0.4 is 15.8 Å². The Labute approximate surface area is 116 Å². The Morgan fingerprint density at radius 2 is 2.30 bits per heavy atom. The van der Waals surface area contributed by atoms with Crippen molar-refractivity contribution < 1.29 is 19.1 Å². The summed E-state index contributed by atoms with van der Waals surface area (Å²) in [4.78, 5) is 12.1. The number of benzene rings is 1. The van der Waals surface area contributed by atoms with Gasteiger partial charge in [0.1, 0.15) is 0 Å². The van der Waals surface area contributed by atoms with Crippen LogP contribution in [-0.4, -0.2) is 24.1 Å². The maximum absolute atomic E-state index is 13.3. The van der Waals surface area contributed by atoms with Crippen molar-refractivity contribution in [2.45, 2.75) is 19.8 Å². The summed E-state index contributed by atoms with van der Waals surface area (Å²) in [6.07, 6.45) is 1.14. The van der Waals surface area contributed by atoms with Gasteiger partial charge in [0, 0.05) is 11.8 Å². The van der Waals surface area contributed by atoms with Crippen molar-refractivity contribution in [2.24, 2.45) is 16.8 Å². The normalized spacial score (nSPS) is 12.8. The van der Waals surface area contributed by atoms with Gasteiger partial charge in [-0.25, -0.2) is 4.39 Å². The number of oxime groups is 1. The van der Waals surface area contributed by atoms with Crippen molar-refractivity contribution in [1.82, 2.24) is 0 Å². The number of rotatable bonds is 6. The van der Waals surface area contributed by atoms with Crippen molar-refractivity contribution in [3.63, 3.8) is 0 Å². The van der Waals surface area contributed by atoms with Crippen LogP contribution in [-0.2, 0) is 4.79 Å². The molecule has 1 atom stereocenters. The molecule has 0 aromatic heterocycles. The van der Waals surface area contributed by atoms with Crippen LogP contribution in [0.4, 0.5) is 10.1 Å². The molecule has 0 fully saturated rings. The minimum Gasteiger partial charge on any atom is -0.494 e. The Bertz CT molecular complexity index is 506. The van der Waals surface area contributed by atoms with Gasteiger partial charge in [-0.1, -0.05) is 18.5 Å². The van der Waals surface area contributed by atoms with E-state index in [-0.39, 0.29) is 11.6 Å². The summed E-state index contributed by atoms with van der Waals surface area (Å²) in [6.45, 7) is 1.88. The summed E-state index contributed by atoms with van der Waals surface area (Å²) in [7, 11) is 1.33. The average molecular weight is 283 g/mol. The lowest BCUT2D eigenvalue weighted by atomic mass is 10.0. The Kier molecular flexibility index (Phi) is 5.76. The molecule has 1 amide bonds. The lowest BCUT2D eigenvalue weighted by molar-refractivity contribution is -0.118. The summed E-state index contributed by atoms with van der Waals surface area (Å²) in [5, 5.41) is 14.1. The topological polar surface area (TPSA) is 96.9 Å². The molecule has 20 heavy (non-hydrogen) atoms. The largest absolute Gasteiger partial charge is 0.494 e. The quantitative estimate of drug-likeness (QED) is 0.321. The number of carbonyl (C=O) groups excluding carboxylic acids is 1. The van der Waals surface area contributed by atoms with E-state index in [0.717, 1.165) is 0 Å². The van der Waals surface area contributed by atoms with E-state index in [4.69, 9.17) is 15.7 Å². The van der Waals surface area contributed by atoms with Gasteiger partial charge in [-0.2, -0.15) is 0 Å². The van der Waals surface area contributed by atoms with E-state index in [1.807, 2.05) is 6.92 Å². The third-order valence-electron chi connectivity index (χ3n) is 2.78. The minimum absolute atomic E-state index is 0.0265. The second kappa shape index (κ2) is 7.32. The summed E-state index contributed by atoms with van der Waals surface area (Å²) in [5.74, 6) is -1.80. The fourth-order valence-electron chi connectivity index (χ4n) is 1.74. The molecule has 0 bridgehead atoms. The summed E-state index contributed by atoms with van der Waals surface area (Å²) in [5.41, 5.74) is 5.87. The molecule has 1 unspecified atom stereocenters. The molecule has 0 aliphatic rings. The molecule has 6 nitrogen and oxygen atoms in total. The lowest BCUT2D eigenvalue weighted by Gasteiger charge is -2.15. The number of amidine groups is 1. The van der Waals surface area contributed by atoms with Crippen LogP contribution in [0, 0.1) is 11.7 Å². The first kappa shape index (κ1) is 15.7. The number of ether oxygens (including phenoxy) is 1. The van der Waals surface area contributed by atoms with E-state index < -0.39 is 17.6 Å². The van der Waals surface area contributed by atoms with E-state index in [2.05, 4.69) is 10.5 Å². The fourth-order valence-corrected chi connectivity index (χ4v) is 1.74. The van der Waals surface area contributed by atoms with Gasteiger partial charge in [0.2, 0.25) is 5.91 Å². The Balaban J connectivity index is 2.88. The van der Waals surface area contributed by atoms with Crippen LogP contribution in [0.25, 0.3) is 0 Å². The first-order chi connectivity index (χ1) is 9.53. The van der Waals surface area contributed by atoms with E-state index in [0.29, 0.717) is 18.5 Å². The number of nitrogens with two attached hydrogens (primary N) is 1. The molecule has 0 saturated heterocycles. The number of halogens is 1. The van der Waals surface area contributed by atoms with Crippen LogP contribution in [0.15, 0.2) is 23.4 Å². The molecule has 7 heteroatoms. The zero-order chi connectivity index (χ0) is 15.1. The Morgan fingerprint density at radius 3 is 2.85 bits per heavy atom. The van der Waals surface area contributed by atoms with Gasteiger partial charge in [-0.15, -0.1) is 0 Å². The first-order valence-corrected chi connectivity index (χ1v) is 6.15. The highest BCUT2D eigenvalue weighted by atomic mass is 19.1. The zero-order valence-corrected chi connectivity index (χ0v) is 11.4. The number of hydrogen-bond donors (Lipinski definition) is 3. The van der Waals surface area contributed by atoms with Crippen LogP contribution >= 0.6 is 0 Å². The molecule has 4 N–H and O–H groups in total.